The Morgan fingerprint density at radius 1 is 1.35 bits per heavy atom. The van der Waals surface area contributed by atoms with Gasteiger partial charge in [-0.2, -0.15) is 4.72 Å². The molecule has 0 saturated carbocycles. The lowest BCUT2D eigenvalue weighted by atomic mass is 10.2. The summed E-state index contributed by atoms with van der Waals surface area (Å²) in [5, 5.41) is 8.55. The van der Waals surface area contributed by atoms with Gasteiger partial charge in [0.1, 0.15) is 13.2 Å². The van der Waals surface area contributed by atoms with Crippen molar-refractivity contribution >= 4 is 16.0 Å². The van der Waals surface area contributed by atoms with Gasteiger partial charge in [0.05, 0.1) is 11.5 Å². The van der Waals surface area contributed by atoms with Crippen molar-refractivity contribution in [3.8, 4) is 11.8 Å². The average molecular weight is 297 g/mol. The van der Waals surface area contributed by atoms with Gasteiger partial charge < -0.3 is 9.84 Å². The zero-order valence-electron chi connectivity index (χ0n) is 10.9. The minimum Gasteiger partial charge on any atom is -0.465 e. The molecule has 108 valence electrons. The Morgan fingerprint density at radius 3 is 2.55 bits per heavy atom. The minimum atomic E-state index is -3.76. The smallest absolute Gasteiger partial charge is 0.321 e. The van der Waals surface area contributed by atoms with Crippen molar-refractivity contribution in [2.24, 2.45) is 0 Å². The van der Waals surface area contributed by atoms with E-state index in [9.17, 15) is 13.2 Å². The third-order valence-electron chi connectivity index (χ3n) is 2.19. The molecule has 1 rings (SSSR count). The van der Waals surface area contributed by atoms with Gasteiger partial charge in [-0.1, -0.05) is 11.8 Å². The highest BCUT2D eigenvalue weighted by molar-refractivity contribution is 7.89. The molecule has 1 aromatic rings. The molecule has 0 amide bonds. The second-order valence-electron chi connectivity index (χ2n) is 3.61. The van der Waals surface area contributed by atoms with Crippen LogP contribution >= 0.6 is 0 Å². The van der Waals surface area contributed by atoms with Crippen molar-refractivity contribution < 1.29 is 23.1 Å². The number of carbonyl (C=O) groups excluding carboxylic acids is 1. The summed E-state index contributed by atoms with van der Waals surface area (Å²) < 4.78 is 30.5. The summed E-state index contributed by atoms with van der Waals surface area (Å²) in [6.45, 7) is 1.15. The van der Waals surface area contributed by atoms with E-state index < -0.39 is 22.5 Å². The zero-order valence-corrected chi connectivity index (χ0v) is 11.7. The van der Waals surface area contributed by atoms with Gasteiger partial charge in [-0.25, -0.2) is 8.42 Å². The molecule has 7 heteroatoms. The van der Waals surface area contributed by atoms with Gasteiger partial charge >= 0.3 is 5.97 Å². The van der Waals surface area contributed by atoms with Crippen LogP contribution in [0.1, 0.15) is 12.5 Å². The van der Waals surface area contributed by atoms with E-state index >= 15 is 0 Å². The molecule has 0 bridgehead atoms. The molecular weight excluding hydrogens is 282 g/mol. The lowest BCUT2D eigenvalue weighted by Gasteiger charge is -2.06. The fourth-order valence-corrected chi connectivity index (χ4v) is 2.28. The number of rotatable bonds is 5. The van der Waals surface area contributed by atoms with Gasteiger partial charge in [0.15, 0.2) is 0 Å². The summed E-state index contributed by atoms with van der Waals surface area (Å²) in [7, 11) is -3.76. The van der Waals surface area contributed by atoms with E-state index in [2.05, 4.69) is 21.3 Å². The fraction of sp³-hybridized carbons (Fsp3) is 0.308. The molecule has 1 aromatic carbocycles. The Kier molecular flexibility index (Phi) is 6.18. The van der Waals surface area contributed by atoms with Crippen LogP contribution in [0.15, 0.2) is 29.2 Å². The zero-order chi connectivity index (χ0) is 15.0. The first-order valence-electron chi connectivity index (χ1n) is 5.84. The molecule has 2 N–H and O–H groups in total. The number of hydrogen-bond acceptors (Lipinski definition) is 5. The number of nitrogens with one attached hydrogen (secondary N) is 1. The van der Waals surface area contributed by atoms with E-state index in [0.29, 0.717) is 5.56 Å². The highest BCUT2D eigenvalue weighted by Gasteiger charge is 2.15. The quantitative estimate of drug-likeness (QED) is 0.583. The molecule has 0 spiro atoms. The SMILES string of the molecule is CCOC(=O)CNS(=O)(=O)c1ccc(C#CCO)cc1. The summed E-state index contributed by atoms with van der Waals surface area (Å²) in [6.07, 6.45) is 0. The van der Waals surface area contributed by atoms with Gasteiger partial charge in [-0.15, -0.1) is 0 Å². The number of benzene rings is 1. The van der Waals surface area contributed by atoms with Gasteiger partial charge in [-0.3, -0.25) is 4.79 Å². The Labute approximate surface area is 117 Å². The number of sulfonamides is 1. The minimum absolute atomic E-state index is 0.0244. The average Bonchev–Trinajstić information content (AvgIpc) is 2.44. The van der Waals surface area contributed by atoms with Crippen LogP contribution in [0, 0.1) is 11.8 Å². The third-order valence-corrected chi connectivity index (χ3v) is 3.61. The lowest BCUT2D eigenvalue weighted by Crippen LogP contribution is -2.30. The van der Waals surface area contributed by atoms with E-state index in [0.717, 1.165) is 0 Å². The number of hydrogen-bond donors (Lipinski definition) is 2. The van der Waals surface area contributed by atoms with Gasteiger partial charge in [0.2, 0.25) is 10.0 Å². The second kappa shape index (κ2) is 7.65. The molecular formula is C13H15NO5S. The summed E-state index contributed by atoms with van der Waals surface area (Å²) >= 11 is 0. The van der Waals surface area contributed by atoms with Crippen LogP contribution in [0.25, 0.3) is 0 Å². The van der Waals surface area contributed by atoms with Crippen molar-refractivity contribution in [1.29, 1.82) is 0 Å². The van der Waals surface area contributed by atoms with Crippen molar-refractivity contribution in [3.63, 3.8) is 0 Å². The van der Waals surface area contributed by atoms with Crippen LogP contribution in [0.4, 0.5) is 0 Å². The predicted octanol–water partition coefficient (Wildman–Crippen LogP) is -0.128. The molecule has 0 fully saturated rings. The van der Waals surface area contributed by atoms with Gasteiger partial charge in [0, 0.05) is 5.56 Å². The normalized spacial score (nSPS) is 10.5. The van der Waals surface area contributed by atoms with E-state index in [-0.39, 0.29) is 18.1 Å². The molecule has 0 aliphatic heterocycles. The lowest BCUT2D eigenvalue weighted by molar-refractivity contribution is -0.141. The molecule has 0 unspecified atom stereocenters. The van der Waals surface area contributed by atoms with Crippen molar-refractivity contribution in [1.82, 2.24) is 4.72 Å². The third kappa shape index (κ3) is 5.01. The maximum Gasteiger partial charge on any atom is 0.321 e. The molecule has 0 saturated heterocycles. The summed E-state index contributed by atoms with van der Waals surface area (Å²) in [4.78, 5) is 11.1. The van der Waals surface area contributed by atoms with E-state index in [1.54, 1.807) is 6.92 Å². The van der Waals surface area contributed by atoms with Crippen LogP contribution in [-0.4, -0.2) is 39.3 Å². The van der Waals surface area contributed by atoms with E-state index in [4.69, 9.17) is 5.11 Å². The van der Waals surface area contributed by atoms with E-state index in [1.165, 1.54) is 24.3 Å². The molecule has 0 aliphatic rings. The monoisotopic (exact) mass is 297 g/mol. The largest absolute Gasteiger partial charge is 0.465 e. The number of aliphatic hydroxyl groups is 1. The number of ether oxygens (including phenoxy) is 1. The molecule has 0 atom stereocenters. The van der Waals surface area contributed by atoms with Crippen molar-refractivity contribution in [2.45, 2.75) is 11.8 Å². The van der Waals surface area contributed by atoms with E-state index in [1.807, 2.05) is 0 Å². The highest BCUT2D eigenvalue weighted by atomic mass is 32.2. The van der Waals surface area contributed by atoms with Gasteiger partial charge in [0.25, 0.3) is 0 Å². The van der Waals surface area contributed by atoms with Crippen LogP contribution in [0.5, 0.6) is 0 Å². The van der Waals surface area contributed by atoms with Gasteiger partial charge in [-0.05, 0) is 31.2 Å². The maximum absolute atomic E-state index is 11.9. The van der Waals surface area contributed by atoms with Crippen LogP contribution in [-0.2, 0) is 19.6 Å². The van der Waals surface area contributed by atoms with Crippen molar-refractivity contribution in [3.05, 3.63) is 29.8 Å². The fourth-order valence-electron chi connectivity index (χ4n) is 1.31. The maximum atomic E-state index is 11.9. The molecule has 0 radical (unpaired) electrons. The summed E-state index contributed by atoms with van der Waals surface area (Å²) in [5.74, 6) is 4.47. The van der Waals surface area contributed by atoms with Crippen molar-refractivity contribution in [2.75, 3.05) is 19.8 Å². The molecule has 6 nitrogen and oxygen atoms in total. The molecule has 0 aromatic heterocycles. The second-order valence-corrected chi connectivity index (χ2v) is 5.38. The van der Waals surface area contributed by atoms with Crippen LogP contribution in [0.3, 0.4) is 0 Å². The Hall–Kier alpha value is -1.88. The predicted molar refractivity (Wildman–Crippen MR) is 72.2 cm³/mol. The molecule has 0 heterocycles. The topological polar surface area (TPSA) is 92.7 Å². The Morgan fingerprint density at radius 2 is 2.00 bits per heavy atom. The Bertz CT molecular complexity index is 610. The summed E-state index contributed by atoms with van der Waals surface area (Å²) in [5.41, 5.74) is 0.586. The molecule has 20 heavy (non-hydrogen) atoms. The first-order chi connectivity index (χ1) is 9.49. The number of carbonyl (C=O) groups is 1. The summed E-state index contributed by atoms with van der Waals surface area (Å²) in [6, 6.07) is 5.77. The Balaban J connectivity index is 2.75. The first-order valence-corrected chi connectivity index (χ1v) is 7.33. The van der Waals surface area contributed by atoms with Crippen LogP contribution in [0.2, 0.25) is 0 Å². The number of aliphatic hydroxyl groups excluding tert-OH is 1. The first kappa shape index (κ1) is 16.2. The molecule has 0 aliphatic carbocycles. The standard InChI is InChI=1S/C13H15NO5S/c1-2-19-13(16)10-14-20(17,18)12-7-5-11(6-8-12)4-3-9-15/h5-8,14-15H,2,9-10H2,1H3. The van der Waals surface area contributed by atoms with Crippen LogP contribution < -0.4 is 4.72 Å². The highest BCUT2D eigenvalue weighted by Crippen LogP contribution is 2.09. The number of esters is 1.